The number of aliphatic hydroxyl groups is 1. The number of rotatable bonds is 6. The van der Waals surface area contributed by atoms with Crippen molar-refractivity contribution < 1.29 is 5.11 Å². The summed E-state index contributed by atoms with van der Waals surface area (Å²) in [7, 11) is 1.81. The molecule has 0 bridgehead atoms. The molecule has 0 amide bonds. The lowest BCUT2D eigenvalue weighted by atomic mass is 9.77. The molecule has 0 saturated carbocycles. The minimum Gasteiger partial charge on any atom is -0.392 e. The summed E-state index contributed by atoms with van der Waals surface area (Å²) in [5.74, 6) is 0.646. The number of anilines is 1. The van der Waals surface area contributed by atoms with E-state index in [1.165, 1.54) is 0 Å². The Morgan fingerprint density at radius 3 is 1.75 bits per heavy atom. The van der Waals surface area contributed by atoms with Crippen molar-refractivity contribution in [3.05, 3.63) is 119 Å². The highest BCUT2D eigenvalue weighted by Gasteiger charge is 2.41. The number of pyridine rings is 1. The quantitative estimate of drug-likeness (QED) is 0.402. The molecule has 2 N–H and O–H groups in total. The lowest BCUT2D eigenvalue weighted by Crippen LogP contribution is -2.38. The fourth-order valence-corrected chi connectivity index (χ4v) is 4.34. The molecule has 0 aliphatic heterocycles. The molecule has 3 aromatic carbocycles. The highest BCUT2D eigenvalue weighted by molar-refractivity contribution is 5.78. The molecule has 0 unspecified atom stereocenters. The second-order valence-electron chi connectivity index (χ2n) is 7.56. The molecule has 0 spiro atoms. The lowest BCUT2D eigenvalue weighted by Gasteiger charge is -2.36. The van der Waals surface area contributed by atoms with Gasteiger partial charge in [0.2, 0.25) is 0 Å². The molecule has 0 radical (unpaired) electrons. The van der Waals surface area contributed by atoms with Crippen LogP contribution in [0.1, 0.15) is 22.3 Å². The number of aliphatic hydroxyl groups excluding tert-OH is 1. The first-order valence-electron chi connectivity index (χ1n) is 10.5. The van der Waals surface area contributed by atoms with Crippen molar-refractivity contribution in [2.24, 2.45) is 0 Å². The summed E-state index contributed by atoms with van der Waals surface area (Å²) in [6, 6.07) is 32.6. The van der Waals surface area contributed by atoms with Crippen LogP contribution in [0.3, 0.4) is 0 Å². The minimum atomic E-state index is -0.815. The molecule has 0 saturated heterocycles. The Balaban J connectivity index is 1.96. The number of hydrogen-bond acceptors (Lipinski definition) is 5. The van der Waals surface area contributed by atoms with Gasteiger partial charge in [-0.15, -0.1) is 5.10 Å². The SMILES string of the molecule is CNc1cc(CO)c2nnn(C(c3ccccc3)(c3ccccc3)c3ccccc3)c2n1. The first-order valence-corrected chi connectivity index (χ1v) is 10.5. The number of benzene rings is 3. The van der Waals surface area contributed by atoms with Crippen LogP contribution in [0.15, 0.2) is 97.1 Å². The third-order valence-corrected chi connectivity index (χ3v) is 5.81. The van der Waals surface area contributed by atoms with Crippen LogP contribution in [-0.2, 0) is 12.1 Å². The summed E-state index contributed by atoms with van der Waals surface area (Å²) in [4.78, 5) is 4.82. The minimum absolute atomic E-state index is 0.151. The topological polar surface area (TPSA) is 75.9 Å². The van der Waals surface area contributed by atoms with Crippen LogP contribution in [0.5, 0.6) is 0 Å². The Hall–Kier alpha value is -4.03. The van der Waals surface area contributed by atoms with Crippen LogP contribution in [0.4, 0.5) is 5.82 Å². The molecule has 32 heavy (non-hydrogen) atoms. The van der Waals surface area contributed by atoms with Gasteiger partial charge in [0.15, 0.2) is 5.65 Å². The molecule has 0 aliphatic carbocycles. The predicted octanol–water partition coefficient (Wildman–Crippen LogP) is 4.20. The highest BCUT2D eigenvalue weighted by atomic mass is 16.3. The van der Waals surface area contributed by atoms with Crippen molar-refractivity contribution in [3.63, 3.8) is 0 Å². The summed E-state index contributed by atoms with van der Waals surface area (Å²) in [5.41, 5.74) is 4.14. The van der Waals surface area contributed by atoms with Crippen molar-refractivity contribution in [3.8, 4) is 0 Å². The number of nitrogens with zero attached hydrogens (tertiary/aromatic N) is 4. The van der Waals surface area contributed by atoms with E-state index in [4.69, 9.17) is 4.98 Å². The van der Waals surface area contributed by atoms with Gasteiger partial charge in [-0.05, 0) is 22.8 Å². The molecule has 5 rings (SSSR count). The van der Waals surface area contributed by atoms with E-state index in [9.17, 15) is 5.11 Å². The summed E-state index contributed by atoms with van der Waals surface area (Å²) in [5, 5.41) is 22.2. The average molecular weight is 422 g/mol. The van der Waals surface area contributed by atoms with E-state index in [0.717, 1.165) is 16.7 Å². The van der Waals surface area contributed by atoms with Crippen molar-refractivity contribution in [1.29, 1.82) is 0 Å². The summed E-state index contributed by atoms with van der Waals surface area (Å²) >= 11 is 0. The molecule has 158 valence electrons. The summed E-state index contributed by atoms with van der Waals surface area (Å²) < 4.78 is 1.88. The van der Waals surface area contributed by atoms with Crippen LogP contribution in [0, 0.1) is 0 Å². The summed E-state index contributed by atoms with van der Waals surface area (Å²) in [6.07, 6.45) is 0. The molecule has 2 aromatic heterocycles. The number of hydrogen-bond donors (Lipinski definition) is 2. The summed E-state index contributed by atoms with van der Waals surface area (Å²) in [6.45, 7) is -0.151. The zero-order chi connectivity index (χ0) is 22.0. The Morgan fingerprint density at radius 1 is 0.812 bits per heavy atom. The Labute approximate surface area is 186 Å². The number of nitrogens with one attached hydrogen (secondary N) is 1. The molecule has 5 aromatic rings. The normalized spacial score (nSPS) is 11.6. The highest BCUT2D eigenvalue weighted by Crippen LogP contribution is 2.41. The van der Waals surface area contributed by atoms with Crippen LogP contribution in [0.25, 0.3) is 11.2 Å². The molecule has 0 aliphatic rings. The van der Waals surface area contributed by atoms with Crippen molar-refractivity contribution in [2.45, 2.75) is 12.1 Å². The van der Waals surface area contributed by atoms with E-state index in [-0.39, 0.29) is 6.61 Å². The van der Waals surface area contributed by atoms with Crippen molar-refractivity contribution >= 4 is 17.0 Å². The third-order valence-electron chi connectivity index (χ3n) is 5.81. The van der Waals surface area contributed by atoms with Gasteiger partial charge in [0.25, 0.3) is 0 Å². The maximum Gasteiger partial charge on any atom is 0.182 e. The van der Waals surface area contributed by atoms with E-state index in [0.29, 0.717) is 22.5 Å². The largest absolute Gasteiger partial charge is 0.392 e. The van der Waals surface area contributed by atoms with Gasteiger partial charge in [-0.3, -0.25) is 0 Å². The zero-order valence-electron chi connectivity index (χ0n) is 17.7. The first kappa shape index (κ1) is 19.9. The Bertz CT molecular complexity index is 1240. The maximum atomic E-state index is 9.99. The molecular formula is C26H23N5O. The van der Waals surface area contributed by atoms with Gasteiger partial charge in [-0.25, -0.2) is 9.67 Å². The predicted molar refractivity (Wildman–Crippen MR) is 125 cm³/mol. The van der Waals surface area contributed by atoms with E-state index in [1.54, 1.807) is 6.07 Å². The van der Waals surface area contributed by atoms with E-state index >= 15 is 0 Å². The molecule has 6 nitrogen and oxygen atoms in total. The fourth-order valence-electron chi connectivity index (χ4n) is 4.34. The number of aromatic nitrogens is 4. The van der Waals surface area contributed by atoms with Gasteiger partial charge in [0.1, 0.15) is 16.9 Å². The van der Waals surface area contributed by atoms with E-state index in [1.807, 2.05) is 66.3 Å². The lowest BCUT2D eigenvalue weighted by molar-refractivity contribution is 0.283. The van der Waals surface area contributed by atoms with Gasteiger partial charge < -0.3 is 10.4 Å². The van der Waals surface area contributed by atoms with Gasteiger partial charge in [-0.1, -0.05) is 96.2 Å². The Kier molecular flexibility index (Phi) is 5.13. The molecule has 2 heterocycles. The number of fused-ring (bicyclic) bond motifs is 1. The van der Waals surface area contributed by atoms with Gasteiger partial charge in [-0.2, -0.15) is 0 Å². The van der Waals surface area contributed by atoms with Crippen molar-refractivity contribution in [2.75, 3.05) is 12.4 Å². The van der Waals surface area contributed by atoms with Crippen LogP contribution in [0.2, 0.25) is 0 Å². The van der Waals surface area contributed by atoms with Crippen LogP contribution >= 0.6 is 0 Å². The van der Waals surface area contributed by atoms with E-state index < -0.39 is 5.54 Å². The molecule has 0 fully saturated rings. The average Bonchev–Trinajstić information content (AvgIpc) is 3.30. The third kappa shape index (κ3) is 3.04. The monoisotopic (exact) mass is 421 g/mol. The standard InChI is InChI=1S/C26H23N5O/c1-27-23-17-19(18-32)24-25(28-23)31(30-29-24)26(20-11-5-2-6-12-20,21-13-7-3-8-14-21)22-15-9-4-10-16-22/h2-17,32H,18H2,1H3,(H,27,28). The first-order chi connectivity index (χ1) is 15.8. The van der Waals surface area contributed by atoms with Crippen LogP contribution < -0.4 is 5.32 Å². The zero-order valence-corrected chi connectivity index (χ0v) is 17.7. The molecule has 0 atom stereocenters. The fraction of sp³-hybridized carbons (Fsp3) is 0.115. The second kappa shape index (κ2) is 8.24. The van der Waals surface area contributed by atoms with Gasteiger partial charge in [0, 0.05) is 12.6 Å². The van der Waals surface area contributed by atoms with Crippen LogP contribution in [-0.4, -0.2) is 32.1 Å². The van der Waals surface area contributed by atoms with E-state index in [2.05, 4.69) is 52.0 Å². The molecule has 6 heteroatoms. The molecular weight excluding hydrogens is 398 g/mol. The Morgan fingerprint density at radius 2 is 1.31 bits per heavy atom. The smallest absolute Gasteiger partial charge is 0.182 e. The van der Waals surface area contributed by atoms with Crippen molar-refractivity contribution in [1.82, 2.24) is 20.0 Å². The van der Waals surface area contributed by atoms with Gasteiger partial charge >= 0.3 is 0 Å². The second-order valence-corrected chi connectivity index (χ2v) is 7.56. The van der Waals surface area contributed by atoms with Gasteiger partial charge in [0.05, 0.1) is 6.61 Å². The maximum absolute atomic E-state index is 9.99.